The maximum atomic E-state index is 6.00. The lowest BCUT2D eigenvalue weighted by atomic mass is 10.0. The molecule has 0 spiro atoms. The normalized spacial score (nSPS) is 15.4. The van der Waals surface area contributed by atoms with E-state index in [1.807, 2.05) is 13.0 Å². The van der Waals surface area contributed by atoms with Crippen molar-refractivity contribution in [1.82, 2.24) is 9.97 Å². The summed E-state index contributed by atoms with van der Waals surface area (Å²) in [6.45, 7) is 6.15. The highest BCUT2D eigenvalue weighted by molar-refractivity contribution is 6.20. The third-order valence-electron chi connectivity index (χ3n) is 2.26. The Labute approximate surface area is 84.4 Å². The lowest BCUT2D eigenvalue weighted by molar-refractivity contribution is 0.708. The lowest BCUT2D eigenvalue weighted by Gasteiger charge is -2.13. The highest BCUT2D eigenvalue weighted by atomic mass is 35.5. The third kappa shape index (κ3) is 2.66. The number of hydrogen-bond donors (Lipinski definition) is 0. The summed E-state index contributed by atoms with van der Waals surface area (Å²) in [5, 5.41) is 0.111. The van der Waals surface area contributed by atoms with E-state index in [1.54, 1.807) is 6.33 Å². The van der Waals surface area contributed by atoms with Crippen LogP contribution in [-0.2, 0) is 6.42 Å². The zero-order valence-corrected chi connectivity index (χ0v) is 9.04. The summed E-state index contributed by atoms with van der Waals surface area (Å²) in [7, 11) is 0. The largest absolute Gasteiger partial charge is 0.241 e. The Morgan fingerprint density at radius 1 is 1.38 bits per heavy atom. The average molecular weight is 199 g/mol. The number of halogens is 1. The number of hydrogen-bond acceptors (Lipinski definition) is 2. The van der Waals surface area contributed by atoms with Gasteiger partial charge in [0.25, 0.3) is 0 Å². The fourth-order valence-electron chi connectivity index (χ4n) is 1.09. The van der Waals surface area contributed by atoms with Crippen molar-refractivity contribution in [3.05, 3.63) is 23.8 Å². The summed E-state index contributed by atoms with van der Waals surface area (Å²) in [6, 6.07) is 2.03. The maximum absolute atomic E-state index is 6.00. The summed E-state index contributed by atoms with van der Waals surface area (Å²) in [6.07, 6.45) is 2.56. The van der Waals surface area contributed by atoms with Crippen LogP contribution in [-0.4, -0.2) is 15.3 Å². The second kappa shape index (κ2) is 4.56. The summed E-state index contributed by atoms with van der Waals surface area (Å²) < 4.78 is 0. The van der Waals surface area contributed by atoms with Gasteiger partial charge in [0.1, 0.15) is 6.33 Å². The Morgan fingerprint density at radius 3 is 2.62 bits per heavy atom. The van der Waals surface area contributed by atoms with Crippen molar-refractivity contribution in [3.63, 3.8) is 0 Å². The molecule has 0 fully saturated rings. The summed E-state index contributed by atoms with van der Waals surface area (Å²) in [4.78, 5) is 8.36. The van der Waals surface area contributed by atoms with Gasteiger partial charge in [0.05, 0.1) is 0 Å². The van der Waals surface area contributed by atoms with E-state index in [4.69, 9.17) is 11.6 Å². The number of rotatable bonds is 3. The molecule has 0 radical (unpaired) electrons. The summed E-state index contributed by atoms with van der Waals surface area (Å²) >= 11 is 6.00. The lowest BCUT2D eigenvalue weighted by Crippen LogP contribution is -2.08. The van der Waals surface area contributed by atoms with Crippen LogP contribution in [0.3, 0.4) is 0 Å². The highest BCUT2D eigenvalue weighted by Crippen LogP contribution is 2.20. The molecule has 2 unspecified atom stereocenters. The van der Waals surface area contributed by atoms with Crippen LogP contribution in [0.25, 0.3) is 0 Å². The first kappa shape index (κ1) is 10.5. The van der Waals surface area contributed by atoms with E-state index < -0.39 is 0 Å². The van der Waals surface area contributed by atoms with Crippen LogP contribution < -0.4 is 0 Å². The fraction of sp³-hybridized carbons (Fsp3) is 0.600. The quantitative estimate of drug-likeness (QED) is 0.699. The Balaban J connectivity index is 2.88. The molecular formula is C10H15ClN2. The molecule has 0 aliphatic heterocycles. The van der Waals surface area contributed by atoms with Crippen LogP contribution in [0, 0.1) is 0 Å². The van der Waals surface area contributed by atoms with Gasteiger partial charge in [-0.15, -0.1) is 11.6 Å². The van der Waals surface area contributed by atoms with E-state index in [0.29, 0.717) is 0 Å². The van der Waals surface area contributed by atoms with Gasteiger partial charge in [-0.25, -0.2) is 9.97 Å². The molecule has 1 rings (SSSR count). The number of aromatic nitrogens is 2. The van der Waals surface area contributed by atoms with Gasteiger partial charge in [0, 0.05) is 22.7 Å². The van der Waals surface area contributed by atoms with Crippen LogP contribution in [0.4, 0.5) is 0 Å². The number of aryl methyl sites for hydroxylation is 1. The molecule has 0 saturated heterocycles. The second-order valence-electron chi connectivity index (χ2n) is 3.25. The van der Waals surface area contributed by atoms with E-state index in [1.165, 1.54) is 0 Å². The zero-order chi connectivity index (χ0) is 9.84. The highest BCUT2D eigenvalue weighted by Gasteiger charge is 2.13. The van der Waals surface area contributed by atoms with E-state index >= 15 is 0 Å². The Bertz CT molecular complexity index is 273. The minimum atomic E-state index is 0.111. The van der Waals surface area contributed by atoms with E-state index in [9.17, 15) is 0 Å². The molecule has 0 aliphatic rings. The van der Waals surface area contributed by atoms with Gasteiger partial charge >= 0.3 is 0 Å². The van der Waals surface area contributed by atoms with Gasteiger partial charge in [-0.3, -0.25) is 0 Å². The van der Waals surface area contributed by atoms with Gasteiger partial charge < -0.3 is 0 Å². The number of nitrogens with zero attached hydrogens (tertiary/aromatic N) is 2. The minimum absolute atomic E-state index is 0.111. The Hall–Kier alpha value is -0.630. The van der Waals surface area contributed by atoms with Crippen molar-refractivity contribution in [1.29, 1.82) is 0 Å². The molecule has 1 aromatic rings. The van der Waals surface area contributed by atoms with Crippen LogP contribution in [0.5, 0.6) is 0 Å². The van der Waals surface area contributed by atoms with Crippen LogP contribution in [0.1, 0.15) is 38.1 Å². The van der Waals surface area contributed by atoms with Gasteiger partial charge in [-0.1, -0.05) is 13.8 Å². The molecule has 13 heavy (non-hydrogen) atoms. The predicted molar refractivity (Wildman–Crippen MR) is 55.1 cm³/mol. The average Bonchev–Trinajstić information content (AvgIpc) is 2.16. The molecule has 0 N–H and O–H groups in total. The van der Waals surface area contributed by atoms with Crippen molar-refractivity contribution >= 4 is 11.6 Å². The molecule has 1 aromatic heterocycles. The topological polar surface area (TPSA) is 25.8 Å². The second-order valence-corrected chi connectivity index (χ2v) is 3.94. The first-order chi connectivity index (χ1) is 6.15. The van der Waals surface area contributed by atoms with Crippen molar-refractivity contribution in [2.24, 2.45) is 0 Å². The smallest absolute Gasteiger partial charge is 0.115 e. The van der Waals surface area contributed by atoms with E-state index in [-0.39, 0.29) is 11.3 Å². The molecule has 72 valence electrons. The summed E-state index contributed by atoms with van der Waals surface area (Å²) in [5.74, 6) is 0.287. The zero-order valence-electron chi connectivity index (χ0n) is 8.29. The molecule has 3 heteroatoms. The van der Waals surface area contributed by atoms with E-state index in [2.05, 4.69) is 23.8 Å². The molecular weight excluding hydrogens is 184 g/mol. The van der Waals surface area contributed by atoms with E-state index in [0.717, 1.165) is 17.8 Å². The molecule has 1 heterocycles. The number of alkyl halides is 1. The van der Waals surface area contributed by atoms with Crippen molar-refractivity contribution in [3.8, 4) is 0 Å². The molecule has 0 aromatic carbocycles. The third-order valence-corrected chi connectivity index (χ3v) is 2.64. The van der Waals surface area contributed by atoms with Gasteiger partial charge in [0.2, 0.25) is 0 Å². The Kier molecular flexibility index (Phi) is 3.67. The van der Waals surface area contributed by atoms with Crippen molar-refractivity contribution in [2.75, 3.05) is 0 Å². The monoisotopic (exact) mass is 198 g/mol. The van der Waals surface area contributed by atoms with Gasteiger partial charge in [-0.05, 0) is 19.4 Å². The molecule has 2 nitrogen and oxygen atoms in total. The van der Waals surface area contributed by atoms with Gasteiger partial charge in [0.15, 0.2) is 0 Å². The Morgan fingerprint density at radius 2 is 2.08 bits per heavy atom. The van der Waals surface area contributed by atoms with Crippen molar-refractivity contribution < 1.29 is 0 Å². The standard InChI is InChI=1S/C10H15ClN2/c1-4-9-5-10(13-6-12-9)7(2)8(3)11/h5-8H,4H2,1-3H3. The van der Waals surface area contributed by atoms with Crippen molar-refractivity contribution in [2.45, 2.75) is 38.5 Å². The molecule has 2 atom stereocenters. The maximum Gasteiger partial charge on any atom is 0.115 e. The first-order valence-corrected chi connectivity index (χ1v) is 5.03. The molecule has 0 aliphatic carbocycles. The predicted octanol–water partition coefficient (Wildman–Crippen LogP) is 2.77. The van der Waals surface area contributed by atoms with Gasteiger partial charge in [-0.2, -0.15) is 0 Å². The fourth-order valence-corrected chi connectivity index (χ4v) is 1.22. The van der Waals surface area contributed by atoms with Crippen LogP contribution in [0.2, 0.25) is 0 Å². The van der Waals surface area contributed by atoms with Crippen LogP contribution in [0.15, 0.2) is 12.4 Å². The molecule has 0 bridgehead atoms. The van der Waals surface area contributed by atoms with Crippen LogP contribution >= 0.6 is 11.6 Å². The molecule has 0 saturated carbocycles. The molecule has 0 amide bonds. The summed E-state index contributed by atoms with van der Waals surface area (Å²) in [5.41, 5.74) is 2.11. The first-order valence-electron chi connectivity index (χ1n) is 4.60. The minimum Gasteiger partial charge on any atom is -0.241 e. The SMILES string of the molecule is CCc1cc(C(C)C(C)Cl)ncn1.